The van der Waals surface area contributed by atoms with Crippen molar-refractivity contribution in [2.45, 2.75) is 32.7 Å². The predicted octanol–water partition coefficient (Wildman–Crippen LogP) is 3.35. The Balaban J connectivity index is 2.10. The Hall–Kier alpha value is -1.03. The van der Waals surface area contributed by atoms with Crippen molar-refractivity contribution < 1.29 is 4.79 Å². The number of amides is 2. The van der Waals surface area contributed by atoms with Crippen LogP contribution in [0.5, 0.6) is 0 Å². The Morgan fingerprint density at radius 2 is 1.88 bits per heavy atom. The van der Waals surface area contributed by atoms with Crippen LogP contribution in [0.25, 0.3) is 0 Å². The van der Waals surface area contributed by atoms with E-state index in [0.29, 0.717) is 6.04 Å². The summed E-state index contributed by atoms with van der Waals surface area (Å²) in [5.41, 5.74) is 3.04. The molecule has 0 aromatic heterocycles. The van der Waals surface area contributed by atoms with Crippen LogP contribution in [0.1, 0.15) is 24.0 Å². The first-order chi connectivity index (χ1) is 7.56. The molecule has 16 heavy (non-hydrogen) atoms. The van der Waals surface area contributed by atoms with Gasteiger partial charge in [0.2, 0.25) is 0 Å². The SMILES string of the molecule is Cc1cc(Br)cc(C)c1NC(=O)NC1CC1. The molecule has 2 amide bonds. The van der Waals surface area contributed by atoms with Gasteiger partial charge >= 0.3 is 6.03 Å². The quantitative estimate of drug-likeness (QED) is 0.858. The van der Waals surface area contributed by atoms with Gasteiger partial charge in [-0.15, -0.1) is 0 Å². The number of aryl methyl sites for hydroxylation is 2. The Labute approximate surface area is 104 Å². The van der Waals surface area contributed by atoms with Crippen LogP contribution >= 0.6 is 15.9 Å². The molecule has 86 valence electrons. The first-order valence-electron chi connectivity index (χ1n) is 5.40. The lowest BCUT2D eigenvalue weighted by molar-refractivity contribution is 0.251. The third-order valence-electron chi connectivity index (χ3n) is 2.65. The molecule has 2 rings (SSSR count). The summed E-state index contributed by atoms with van der Waals surface area (Å²) in [5.74, 6) is 0. The molecule has 0 heterocycles. The summed E-state index contributed by atoms with van der Waals surface area (Å²) in [7, 11) is 0. The zero-order valence-corrected chi connectivity index (χ0v) is 11.0. The average Bonchev–Trinajstić information content (AvgIpc) is 2.95. The van der Waals surface area contributed by atoms with Gasteiger partial charge in [0.1, 0.15) is 0 Å². The third kappa shape index (κ3) is 2.76. The summed E-state index contributed by atoms with van der Waals surface area (Å²) in [6, 6.07) is 4.28. The standard InChI is InChI=1S/C12H15BrN2O/c1-7-5-9(13)6-8(2)11(7)15-12(16)14-10-3-4-10/h5-6,10H,3-4H2,1-2H3,(H2,14,15,16). The van der Waals surface area contributed by atoms with Crippen LogP contribution in [0.4, 0.5) is 10.5 Å². The molecule has 1 aromatic carbocycles. The molecule has 0 aliphatic heterocycles. The van der Waals surface area contributed by atoms with Crippen LogP contribution in [0.3, 0.4) is 0 Å². The Kier molecular flexibility index (Phi) is 3.19. The molecule has 1 aromatic rings. The number of hydrogen-bond acceptors (Lipinski definition) is 1. The molecule has 0 bridgehead atoms. The average molecular weight is 283 g/mol. The first kappa shape index (κ1) is 11.5. The second-order valence-electron chi connectivity index (χ2n) is 4.29. The molecule has 1 aliphatic carbocycles. The van der Waals surface area contributed by atoms with Gasteiger partial charge in [-0.3, -0.25) is 0 Å². The fraction of sp³-hybridized carbons (Fsp3) is 0.417. The molecule has 0 saturated heterocycles. The highest BCUT2D eigenvalue weighted by atomic mass is 79.9. The monoisotopic (exact) mass is 282 g/mol. The maximum atomic E-state index is 11.6. The van der Waals surface area contributed by atoms with Gasteiger partial charge in [0, 0.05) is 16.2 Å². The highest BCUT2D eigenvalue weighted by molar-refractivity contribution is 9.10. The summed E-state index contributed by atoms with van der Waals surface area (Å²) in [6.45, 7) is 3.98. The van der Waals surface area contributed by atoms with Gasteiger partial charge in [0.15, 0.2) is 0 Å². The van der Waals surface area contributed by atoms with Gasteiger partial charge in [-0.1, -0.05) is 15.9 Å². The lowest BCUT2D eigenvalue weighted by Crippen LogP contribution is -2.30. The van der Waals surface area contributed by atoms with Crippen molar-refractivity contribution in [2.75, 3.05) is 5.32 Å². The fourth-order valence-electron chi connectivity index (χ4n) is 1.67. The number of rotatable bonds is 2. The van der Waals surface area contributed by atoms with E-state index in [9.17, 15) is 4.79 Å². The van der Waals surface area contributed by atoms with Gasteiger partial charge in [-0.25, -0.2) is 4.79 Å². The first-order valence-corrected chi connectivity index (χ1v) is 6.20. The molecule has 0 spiro atoms. The fourth-order valence-corrected chi connectivity index (χ4v) is 2.36. The van der Waals surface area contributed by atoms with E-state index in [4.69, 9.17) is 0 Å². The molecule has 0 unspecified atom stereocenters. The molecular formula is C12H15BrN2O. The zero-order chi connectivity index (χ0) is 11.7. The highest BCUT2D eigenvalue weighted by Crippen LogP contribution is 2.25. The van der Waals surface area contributed by atoms with Crippen molar-refractivity contribution in [3.63, 3.8) is 0 Å². The number of nitrogens with one attached hydrogen (secondary N) is 2. The van der Waals surface area contributed by atoms with Crippen LogP contribution < -0.4 is 10.6 Å². The maximum absolute atomic E-state index is 11.6. The molecule has 0 atom stereocenters. The molecule has 1 saturated carbocycles. The minimum Gasteiger partial charge on any atom is -0.335 e. The highest BCUT2D eigenvalue weighted by Gasteiger charge is 2.23. The lowest BCUT2D eigenvalue weighted by Gasteiger charge is -2.12. The van der Waals surface area contributed by atoms with Gasteiger partial charge < -0.3 is 10.6 Å². The topological polar surface area (TPSA) is 41.1 Å². The molecular weight excluding hydrogens is 268 g/mol. The van der Waals surface area contributed by atoms with Gasteiger partial charge in [0.05, 0.1) is 0 Å². The van der Waals surface area contributed by atoms with Gasteiger partial charge in [-0.05, 0) is 49.9 Å². The van der Waals surface area contributed by atoms with Crippen molar-refractivity contribution in [3.05, 3.63) is 27.7 Å². The Morgan fingerprint density at radius 3 is 2.38 bits per heavy atom. The Bertz CT molecular complexity index is 404. The van der Waals surface area contributed by atoms with Crippen molar-refractivity contribution in [3.8, 4) is 0 Å². The molecule has 4 heteroatoms. The minimum absolute atomic E-state index is 0.101. The summed E-state index contributed by atoms with van der Waals surface area (Å²) >= 11 is 3.44. The van der Waals surface area contributed by atoms with E-state index in [-0.39, 0.29) is 6.03 Å². The second-order valence-corrected chi connectivity index (χ2v) is 5.20. The van der Waals surface area contributed by atoms with E-state index < -0.39 is 0 Å². The van der Waals surface area contributed by atoms with Crippen molar-refractivity contribution >= 4 is 27.6 Å². The Morgan fingerprint density at radius 1 is 1.31 bits per heavy atom. The minimum atomic E-state index is -0.101. The zero-order valence-electron chi connectivity index (χ0n) is 9.43. The molecule has 1 aliphatic rings. The van der Waals surface area contributed by atoms with E-state index in [1.807, 2.05) is 26.0 Å². The number of halogens is 1. The summed E-state index contributed by atoms with van der Waals surface area (Å²) in [6.07, 6.45) is 2.21. The molecule has 1 fully saturated rings. The van der Waals surface area contributed by atoms with Crippen molar-refractivity contribution in [1.29, 1.82) is 0 Å². The van der Waals surface area contributed by atoms with Crippen molar-refractivity contribution in [2.24, 2.45) is 0 Å². The van der Waals surface area contributed by atoms with Gasteiger partial charge in [0.25, 0.3) is 0 Å². The third-order valence-corrected chi connectivity index (χ3v) is 3.11. The lowest BCUT2D eigenvalue weighted by atomic mass is 10.1. The van der Waals surface area contributed by atoms with E-state index in [1.54, 1.807) is 0 Å². The van der Waals surface area contributed by atoms with Gasteiger partial charge in [-0.2, -0.15) is 0 Å². The number of hydrogen-bond donors (Lipinski definition) is 2. The number of anilines is 1. The van der Waals surface area contributed by atoms with Crippen LogP contribution in [0.15, 0.2) is 16.6 Å². The smallest absolute Gasteiger partial charge is 0.319 e. The predicted molar refractivity (Wildman–Crippen MR) is 68.8 cm³/mol. The van der Waals surface area contributed by atoms with Crippen LogP contribution in [-0.4, -0.2) is 12.1 Å². The van der Waals surface area contributed by atoms with E-state index in [2.05, 4.69) is 26.6 Å². The number of benzene rings is 1. The van der Waals surface area contributed by atoms with Crippen LogP contribution in [0, 0.1) is 13.8 Å². The van der Waals surface area contributed by atoms with E-state index >= 15 is 0 Å². The number of carbonyl (C=O) groups is 1. The maximum Gasteiger partial charge on any atom is 0.319 e. The molecule has 0 radical (unpaired) electrons. The molecule has 3 nitrogen and oxygen atoms in total. The summed E-state index contributed by atoms with van der Waals surface area (Å²) in [5, 5.41) is 5.82. The van der Waals surface area contributed by atoms with E-state index in [1.165, 1.54) is 0 Å². The van der Waals surface area contributed by atoms with Crippen molar-refractivity contribution in [1.82, 2.24) is 5.32 Å². The molecule has 2 N–H and O–H groups in total. The largest absolute Gasteiger partial charge is 0.335 e. The normalized spacial score (nSPS) is 14.7. The number of urea groups is 1. The van der Waals surface area contributed by atoms with E-state index in [0.717, 1.165) is 34.1 Å². The summed E-state index contributed by atoms with van der Waals surface area (Å²) in [4.78, 5) is 11.6. The van der Waals surface area contributed by atoms with Crippen LogP contribution in [-0.2, 0) is 0 Å². The second kappa shape index (κ2) is 4.45. The van der Waals surface area contributed by atoms with Crippen LogP contribution in [0.2, 0.25) is 0 Å². The summed E-state index contributed by atoms with van der Waals surface area (Å²) < 4.78 is 1.04. The number of carbonyl (C=O) groups excluding carboxylic acids is 1.